The third-order valence-corrected chi connectivity index (χ3v) is 5.31. The van der Waals surface area contributed by atoms with Crippen LogP contribution in [-0.2, 0) is 11.3 Å². The first-order valence-corrected chi connectivity index (χ1v) is 9.09. The Bertz CT molecular complexity index is 599. The molecule has 2 heterocycles. The van der Waals surface area contributed by atoms with E-state index in [9.17, 15) is 9.59 Å². The first-order chi connectivity index (χ1) is 12.0. The van der Waals surface area contributed by atoms with Crippen LogP contribution < -0.4 is 5.32 Å². The predicted octanol–water partition coefficient (Wildman–Crippen LogP) is 1.52. The van der Waals surface area contributed by atoms with E-state index in [-0.39, 0.29) is 24.0 Å². The van der Waals surface area contributed by atoms with Crippen molar-refractivity contribution in [2.75, 3.05) is 33.7 Å². The first kappa shape index (κ1) is 17.7. The molecule has 1 atom stereocenters. The number of amides is 3. The third kappa shape index (κ3) is 4.31. The van der Waals surface area contributed by atoms with Gasteiger partial charge in [-0.1, -0.05) is 30.3 Å². The molecule has 2 aliphatic rings. The molecule has 1 aromatic carbocycles. The van der Waals surface area contributed by atoms with Crippen LogP contribution in [0.1, 0.15) is 24.8 Å². The fourth-order valence-corrected chi connectivity index (χ4v) is 3.71. The summed E-state index contributed by atoms with van der Waals surface area (Å²) in [5, 5.41) is 3.13. The van der Waals surface area contributed by atoms with E-state index >= 15 is 0 Å². The maximum absolute atomic E-state index is 12.4. The Kier molecular flexibility index (Phi) is 5.58. The zero-order valence-electron chi connectivity index (χ0n) is 15.1. The quantitative estimate of drug-likeness (QED) is 0.901. The van der Waals surface area contributed by atoms with E-state index < -0.39 is 0 Å². The van der Waals surface area contributed by atoms with Crippen molar-refractivity contribution in [3.8, 4) is 0 Å². The molecule has 3 amide bonds. The molecule has 2 fully saturated rings. The Hall–Kier alpha value is -2.08. The third-order valence-electron chi connectivity index (χ3n) is 5.31. The predicted molar refractivity (Wildman–Crippen MR) is 97.1 cm³/mol. The van der Waals surface area contributed by atoms with Crippen molar-refractivity contribution in [3.05, 3.63) is 35.9 Å². The van der Waals surface area contributed by atoms with Crippen molar-refractivity contribution in [1.29, 1.82) is 0 Å². The molecule has 1 N–H and O–H groups in total. The summed E-state index contributed by atoms with van der Waals surface area (Å²) in [6, 6.07) is 10.2. The van der Waals surface area contributed by atoms with Crippen LogP contribution in [0.5, 0.6) is 0 Å². The molecule has 3 rings (SSSR count). The lowest BCUT2D eigenvalue weighted by Crippen LogP contribution is -2.51. The van der Waals surface area contributed by atoms with Gasteiger partial charge in [-0.05, 0) is 24.8 Å². The Morgan fingerprint density at radius 1 is 1.16 bits per heavy atom. The second kappa shape index (κ2) is 7.87. The van der Waals surface area contributed by atoms with Gasteiger partial charge in [0.2, 0.25) is 5.91 Å². The van der Waals surface area contributed by atoms with E-state index in [2.05, 4.69) is 10.2 Å². The van der Waals surface area contributed by atoms with Crippen molar-refractivity contribution < 1.29 is 9.59 Å². The van der Waals surface area contributed by atoms with Gasteiger partial charge in [0.1, 0.15) is 0 Å². The summed E-state index contributed by atoms with van der Waals surface area (Å²) in [5.41, 5.74) is 1.12. The van der Waals surface area contributed by atoms with E-state index in [1.165, 1.54) is 0 Å². The number of hydrogen-bond acceptors (Lipinski definition) is 3. The molecule has 6 nitrogen and oxygen atoms in total. The van der Waals surface area contributed by atoms with Crippen LogP contribution in [-0.4, -0.2) is 72.5 Å². The van der Waals surface area contributed by atoms with Crippen molar-refractivity contribution in [3.63, 3.8) is 0 Å². The minimum absolute atomic E-state index is 0.0287. The summed E-state index contributed by atoms with van der Waals surface area (Å²) in [4.78, 5) is 30.3. The summed E-state index contributed by atoms with van der Waals surface area (Å²) in [7, 11) is 3.70. The van der Waals surface area contributed by atoms with Crippen LogP contribution in [0.15, 0.2) is 30.3 Å². The van der Waals surface area contributed by atoms with Crippen LogP contribution in [0.2, 0.25) is 0 Å². The Labute approximate surface area is 149 Å². The molecule has 0 bridgehead atoms. The Balaban J connectivity index is 1.44. The van der Waals surface area contributed by atoms with Gasteiger partial charge in [0, 0.05) is 46.3 Å². The van der Waals surface area contributed by atoms with Crippen LogP contribution >= 0.6 is 0 Å². The van der Waals surface area contributed by atoms with Gasteiger partial charge in [-0.2, -0.15) is 0 Å². The van der Waals surface area contributed by atoms with Gasteiger partial charge >= 0.3 is 6.03 Å². The zero-order chi connectivity index (χ0) is 17.8. The first-order valence-electron chi connectivity index (χ1n) is 9.09. The van der Waals surface area contributed by atoms with Gasteiger partial charge in [0.25, 0.3) is 0 Å². The van der Waals surface area contributed by atoms with Crippen molar-refractivity contribution in [1.82, 2.24) is 20.0 Å². The fraction of sp³-hybridized carbons (Fsp3) is 0.579. The van der Waals surface area contributed by atoms with E-state index in [1.54, 1.807) is 4.90 Å². The smallest absolute Gasteiger partial charge is 0.317 e. The number of benzene rings is 1. The lowest BCUT2D eigenvalue weighted by Gasteiger charge is -2.35. The Morgan fingerprint density at radius 2 is 1.84 bits per heavy atom. The number of hydrogen-bond donors (Lipinski definition) is 1. The minimum atomic E-state index is -0.0287. The highest BCUT2D eigenvalue weighted by atomic mass is 16.2. The van der Waals surface area contributed by atoms with E-state index in [4.69, 9.17) is 0 Å². The monoisotopic (exact) mass is 344 g/mol. The zero-order valence-corrected chi connectivity index (χ0v) is 15.1. The molecule has 6 heteroatoms. The average molecular weight is 344 g/mol. The second-order valence-corrected chi connectivity index (χ2v) is 7.17. The standard InChI is InChI=1S/C19H28N4O2/c1-21-11-10-17(18(21)24)23-12-8-16(9-13-23)20-19(25)22(2)14-15-6-4-3-5-7-15/h3-7,16-17H,8-14H2,1-2H3,(H,20,25). The van der Waals surface area contributed by atoms with Gasteiger partial charge in [0.15, 0.2) is 0 Å². The maximum atomic E-state index is 12.4. The number of nitrogens with zero attached hydrogens (tertiary/aromatic N) is 3. The average Bonchev–Trinajstić information content (AvgIpc) is 2.95. The summed E-state index contributed by atoms with van der Waals surface area (Å²) in [5.74, 6) is 0.241. The van der Waals surface area contributed by atoms with Crippen molar-refractivity contribution >= 4 is 11.9 Å². The number of urea groups is 1. The number of piperidine rings is 1. The summed E-state index contributed by atoms with van der Waals surface area (Å²) in [6.45, 7) is 3.20. The number of likely N-dealkylation sites (N-methyl/N-ethyl adjacent to an activating group) is 1. The molecular weight excluding hydrogens is 316 g/mol. The number of carbonyl (C=O) groups is 2. The Morgan fingerprint density at radius 3 is 2.44 bits per heavy atom. The molecular formula is C19H28N4O2. The highest BCUT2D eigenvalue weighted by molar-refractivity contribution is 5.83. The van der Waals surface area contributed by atoms with Crippen LogP contribution in [0, 0.1) is 0 Å². The molecule has 1 unspecified atom stereocenters. The number of nitrogens with one attached hydrogen (secondary N) is 1. The SMILES string of the molecule is CN(Cc1ccccc1)C(=O)NC1CCN(C2CCN(C)C2=O)CC1. The molecule has 2 aliphatic heterocycles. The molecule has 0 aromatic heterocycles. The van der Waals surface area contributed by atoms with Gasteiger partial charge in [-0.15, -0.1) is 0 Å². The van der Waals surface area contributed by atoms with E-state index in [1.807, 2.05) is 49.3 Å². The molecule has 0 saturated carbocycles. The van der Waals surface area contributed by atoms with Gasteiger partial charge < -0.3 is 15.1 Å². The van der Waals surface area contributed by atoms with Crippen molar-refractivity contribution in [2.45, 2.75) is 37.9 Å². The summed E-state index contributed by atoms with van der Waals surface area (Å²) < 4.78 is 0. The lowest BCUT2D eigenvalue weighted by atomic mass is 10.0. The van der Waals surface area contributed by atoms with E-state index in [0.717, 1.165) is 44.5 Å². The normalized spacial score (nSPS) is 22.2. The maximum Gasteiger partial charge on any atom is 0.317 e. The molecule has 25 heavy (non-hydrogen) atoms. The largest absolute Gasteiger partial charge is 0.344 e. The minimum Gasteiger partial charge on any atom is -0.344 e. The molecule has 2 saturated heterocycles. The molecule has 0 radical (unpaired) electrons. The van der Waals surface area contributed by atoms with Crippen LogP contribution in [0.3, 0.4) is 0 Å². The van der Waals surface area contributed by atoms with Gasteiger partial charge in [-0.3, -0.25) is 9.69 Å². The second-order valence-electron chi connectivity index (χ2n) is 7.17. The lowest BCUT2D eigenvalue weighted by molar-refractivity contribution is -0.131. The summed E-state index contributed by atoms with van der Waals surface area (Å²) in [6.07, 6.45) is 2.73. The summed E-state index contributed by atoms with van der Waals surface area (Å²) >= 11 is 0. The van der Waals surface area contributed by atoms with Crippen LogP contribution in [0.25, 0.3) is 0 Å². The molecule has 1 aromatic rings. The fourth-order valence-electron chi connectivity index (χ4n) is 3.71. The highest BCUT2D eigenvalue weighted by Gasteiger charge is 2.35. The molecule has 136 valence electrons. The molecule has 0 spiro atoms. The number of carbonyl (C=O) groups excluding carboxylic acids is 2. The topological polar surface area (TPSA) is 55.9 Å². The van der Waals surface area contributed by atoms with E-state index in [0.29, 0.717) is 6.54 Å². The number of rotatable bonds is 4. The van der Waals surface area contributed by atoms with Crippen molar-refractivity contribution in [2.24, 2.45) is 0 Å². The van der Waals surface area contributed by atoms with Crippen LogP contribution in [0.4, 0.5) is 4.79 Å². The highest BCUT2D eigenvalue weighted by Crippen LogP contribution is 2.20. The molecule has 0 aliphatic carbocycles. The van der Waals surface area contributed by atoms with Gasteiger partial charge in [-0.25, -0.2) is 4.79 Å². The number of likely N-dealkylation sites (tertiary alicyclic amines) is 2. The van der Waals surface area contributed by atoms with Gasteiger partial charge in [0.05, 0.1) is 6.04 Å².